The summed E-state index contributed by atoms with van der Waals surface area (Å²) in [6.07, 6.45) is 9.27. The van der Waals surface area contributed by atoms with E-state index in [0.717, 1.165) is 30.4 Å². The summed E-state index contributed by atoms with van der Waals surface area (Å²) in [5, 5.41) is 3.62. The highest BCUT2D eigenvalue weighted by Crippen LogP contribution is 2.52. The highest BCUT2D eigenvalue weighted by atomic mass is 16.2. The van der Waals surface area contributed by atoms with Gasteiger partial charge in [0, 0.05) is 35.5 Å². The summed E-state index contributed by atoms with van der Waals surface area (Å²) in [7, 11) is 2.12. The number of hydrogen-bond acceptors (Lipinski definition) is 3. The normalized spacial score (nSPS) is 36.0. The number of carbonyl (C=O) groups excluding carboxylic acids is 1. The molecule has 5 fully saturated rings. The van der Waals surface area contributed by atoms with E-state index in [1.165, 1.54) is 48.9 Å². The molecule has 3 saturated carbocycles. The second-order valence-electron chi connectivity index (χ2n) is 10.2. The highest BCUT2D eigenvalue weighted by Gasteiger charge is 2.55. The number of amides is 1. The van der Waals surface area contributed by atoms with Gasteiger partial charge in [-0.05, 0) is 75.5 Å². The van der Waals surface area contributed by atoms with E-state index in [1.54, 1.807) is 0 Å². The van der Waals surface area contributed by atoms with Crippen LogP contribution in [0.1, 0.15) is 75.3 Å². The Balaban J connectivity index is 1.18. The van der Waals surface area contributed by atoms with Crippen LogP contribution in [0.25, 0.3) is 0 Å². The largest absolute Gasteiger partial charge is 0.337 e. The zero-order valence-electron chi connectivity index (χ0n) is 17.1. The zero-order chi connectivity index (χ0) is 19.0. The smallest absolute Gasteiger partial charge is 0.223 e. The number of carbonyl (C=O) groups is 1. The van der Waals surface area contributed by atoms with E-state index in [2.05, 4.69) is 42.4 Å². The van der Waals surface area contributed by atoms with E-state index in [0.29, 0.717) is 30.0 Å². The minimum atomic E-state index is 0.218. The molecule has 3 aliphatic carbocycles. The van der Waals surface area contributed by atoms with Crippen molar-refractivity contribution in [2.24, 2.45) is 16.8 Å². The summed E-state index contributed by atoms with van der Waals surface area (Å²) in [5.41, 5.74) is 5.48. The van der Waals surface area contributed by atoms with Crippen LogP contribution < -0.4 is 5.32 Å². The topological polar surface area (TPSA) is 44.7 Å². The monoisotopic (exact) mass is 377 g/mol. The molecule has 4 nitrogen and oxygen atoms in total. The second-order valence-corrected chi connectivity index (χ2v) is 10.2. The van der Waals surface area contributed by atoms with Crippen molar-refractivity contribution in [3.63, 3.8) is 0 Å². The van der Waals surface area contributed by atoms with Gasteiger partial charge in [0.15, 0.2) is 0 Å². The molecule has 1 amide bonds. The summed E-state index contributed by atoms with van der Waals surface area (Å²) in [4.78, 5) is 20.5. The third kappa shape index (κ3) is 2.46. The molecule has 3 unspecified atom stereocenters. The standard InChI is InChI=1S/C24H31N3O/c1-14(23-22-19(16-6-7-16)4-3-5-20(22)26-23)8-21(28)27-17-9-15-10-18(27)13-24(11-15,12-17)25-2/h3-5,14-18,25H,6-13H2,1-2H3. The fourth-order valence-electron chi connectivity index (χ4n) is 6.96. The van der Waals surface area contributed by atoms with Crippen LogP contribution in [-0.2, 0) is 4.79 Å². The average Bonchev–Trinajstić information content (AvgIpc) is 3.46. The van der Waals surface area contributed by atoms with E-state index < -0.39 is 0 Å². The fraction of sp³-hybridized carbons (Fsp3) is 0.667. The molecule has 4 bridgehead atoms. The van der Waals surface area contributed by atoms with Gasteiger partial charge in [-0.1, -0.05) is 19.1 Å². The first-order valence-electron chi connectivity index (χ1n) is 11.3. The van der Waals surface area contributed by atoms with Crippen LogP contribution in [0.5, 0.6) is 0 Å². The van der Waals surface area contributed by atoms with Gasteiger partial charge >= 0.3 is 0 Å². The Morgan fingerprint density at radius 2 is 2.00 bits per heavy atom. The molecule has 0 radical (unpaired) electrons. The predicted molar refractivity (Wildman–Crippen MR) is 111 cm³/mol. The number of aliphatic imine (C=N–C) groups is 1. The minimum absolute atomic E-state index is 0.218. The fourth-order valence-corrected chi connectivity index (χ4v) is 6.96. The Morgan fingerprint density at radius 1 is 1.25 bits per heavy atom. The van der Waals surface area contributed by atoms with Crippen LogP contribution in [0.4, 0.5) is 5.69 Å². The van der Waals surface area contributed by atoms with Gasteiger partial charge in [-0.2, -0.15) is 0 Å². The molecule has 1 N–H and O–H groups in total. The van der Waals surface area contributed by atoms with Crippen LogP contribution in [-0.4, -0.2) is 41.2 Å². The predicted octanol–water partition coefficient (Wildman–Crippen LogP) is 4.16. The summed E-state index contributed by atoms with van der Waals surface area (Å²) >= 11 is 0. The summed E-state index contributed by atoms with van der Waals surface area (Å²) < 4.78 is 0. The first kappa shape index (κ1) is 17.2. The molecule has 2 saturated heterocycles. The molecular weight excluding hydrogens is 346 g/mol. The molecule has 7 rings (SSSR count). The SMILES string of the molecule is CNC12CC3CC(C1)N(C(=O)CC(C)C1=Nc4cccc(C5CC5)c41)C(C3)C2. The van der Waals surface area contributed by atoms with Gasteiger partial charge in [0.1, 0.15) is 0 Å². The van der Waals surface area contributed by atoms with E-state index in [9.17, 15) is 4.79 Å². The van der Waals surface area contributed by atoms with Gasteiger partial charge < -0.3 is 10.2 Å². The summed E-state index contributed by atoms with van der Waals surface area (Å²) in [5.74, 6) is 2.13. The molecule has 148 valence electrons. The van der Waals surface area contributed by atoms with Crippen molar-refractivity contribution < 1.29 is 4.79 Å². The molecular formula is C24H31N3O. The lowest BCUT2D eigenvalue weighted by molar-refractivity contribution is -0.152. The van der Waals surface area contributed by atoms with Crippen LogP contribution in [0.3, 0.4) is 0 Å². The van der Waals surface area contributed by atoms with Crippen molar-refractivity contribution in [2.45, 2.75) is 81.8 Å². The van der Waals surface area contributed by atoms with Crippen molar-refractivity contribution in [1.82, 2.24) is 10.2 Å². The third-order valence-corrected chi connectivity index (χ3v) is 8.28. The molecule has 1 aromatic carbocycles. The molecule has 6 aliphatic rings. The van der Waals surface area contributed by atoms with Gasteiger partial charge in [0.2, 0.25) is 5.91 Å². The van der Waals surface area contributed by atoms with Gasteiger partial charge in [-0.15, -0.1) is 0 Å². The molecule has 3 heterocycles. The van der Waals surface area contributed by atoms with Crippen LogP contribution >= 0.6 is 0 Å². The van der Waals surface area contributed by atoms with E-state index in [-0.39, 0.29) is 5.92 Å². The van der Waals surface area contributed by atoms with Crippen LogP contribution in [0.15, 0.2) is 23.2 Å². The van der Waals surface area contributed by atoms with Crippen molar-refractivity contribution in [2.75, 3.05) is 7.05 Å². The van der Waals surface area contributed by atoms with Crippen molar-refractivity contribution >= 4 is 17.3 Å². The first-order valence-corrected chi connectivity index (χ1v) is 11.3. The molecule has 3 aliphatic heterocycles. The average molecular weight is 378 g/mol. The maximum atomic E-state index is 13.4. The van der Waals surface area contributed by atoms with Crippen LogP contribution in [0, 0.1) is 11.8 Å². The number of fused-ring (bicyclic) bond motifs is 1. The van der Waals surface area contributed by atoms with Gasteiger partial charge in [-0.3, -0.25) is 9.79 Å². The number of rotatable bonds is 5. The molecule has 0 spiro atoms. The van der Waals surface area contributed by atoms with Gasteiger partial charge in [0.05, 0.1) is 11.4 Å². The minimum Gasteiger partial charge on any atom is -0.337 e. The third-order valence-electron chi connectivity index (χ3n) is 8.28. The molecule has 0 aromatic heterocycles. The molecule has 1 aromatic rings. The molecule has 3 atom stereocenters. The van der Waals surface area contributed by atoms with Gasteiger partial charge in [0.25, 0.3) is 0 Å². The Morgan fingerprint density at radius 3 is 2.68 bits per heavy atom. The van der Waals surface area contributed by atoms with Crippen molar-refractivity contribution in [3.8, 4) is 0 Å². The second kappa shape index (κ2) is 5.91. The Hall–Kier alpha value is -1.68. The zero-order valence-corrected chi connectivity index (χ0v) is 17.1. The van der Waals surface area contributed by atoms with E-state index in [4.69, 9.17) is 4.99 Å². The lowest BCUT2D eigenvalue weighted by Crippen LogP contribution is -2.69. The number of piperidine rings is 2. The van der Waals surface area contributed by atoms with E-state index in [1.807, 2.05) is 0 Å². The number of nitrogens with zero attached hydrogens (tertiary/aromatic N) is 2. The molecule has 28 heavy (non-hydrogen) atoms. The Bertz CT molecular complexity index is 855. The number of hydrogen-bond donors (Lipinski definition) is 1. The van der Waals surface area contributed by atoms with Gasteiger partial charge in [-0.25, -0.2) is 0 Å². The quantitative estimate of drug-likeness (QED) is 0.837. The highest BCUT2D eigenvalue weighted by molar-refractivity contribution is 6.15. The maximum absolute atomic E-state index is 13.4. The maximum Gasteiger partial charge on any atom is 0.223 e. The first-order chi connectivity index (χ1) is 13.6. The summed E-state index contributed by atoms with van der Waals surface area (Å²) in [6, 6.07) is 7.45. The number of benzene rings is 1. The lowest BCUT2D eigenvalue weighted by atomic mass is 9.59. The molecule has 4 heteroatoms. The van der Waals surface area contributed by atoms with Crippen molar-refractivity contribution in [3.05, 3.63) is 29.3 Å². The van der Waals surface area contributed by atoms with Crippen molar-refractivity contribution in [1.29, 1.82) is 0 Å². The number of nitrogens with one attached hydrogen (secondary N) is 1. The lowest BCUT2D eigenvalue weighted by Gasteiger charge is -2.61. The van der Waals surface area contributed by atoms with E-state index >= 15 is 0 Å². The van der Waals surface area contributed by atoms with Crippen LogP contribution in [0.2, 0.25) is 0 Å². The Kier molecular flexibility index (Phi) is 3.63. The Labute approximate surface area is 167 Å². The summed E-state index contributed by atoms with van der Waals surface area (Å²) in [6.45, 7) is 2.20.